The van der Waals surface area contributed by atoms with E-state index in [0.29, 0.717) is 15.9 Å². The van der Waals surface area contributed by atoms with Crippen LogP contribution in [0.15, 0.2) is 66.1 Å². The number of benzene rings is 1. The van der Waals surface area contributed by atoms with Crippen LogP contribution in [0.5, 0.6) is 0 Å². The number of anilines is 1. The minimum absolute atomic E-state index is 0.130. The Morgan fingerprint density at radius 2 is 1.83 bits per heavy atom. The molecular formula is C17H13ClN4OS. The van der Waals surface area contributed by atoms with Crippen LogP contribution < -0.4 is 5.32 Å². The minimum Gasteiger partial charge on any atom is -0.325 e. The molecule has 0 saturated carbocycles. The van der Waals surface area contributed by atoms with Gasteiger partial charge in [0.2, 0.25) is 5.91 Å². The number of hydrogen-bond donors (Lipinski definition) is 1. The van der Waals surface area contributed by atoms with Gasteiger partial charge in [-0.05, 0) is 42.5 Å². The van der Waals surface area contributed by atoms with Gasteiger partial charge >= 0.3 is 0 Å². The summed E-state index contributed by atoms with van der Waals surface area (Å²) in [6.45, 7) is 0. The zero-order chi connectivity index (χ0) is 16.8. The van der Waals surface area contributed by atoms with E-state index in [9.17, 15) is 4.79 Å². The largest absolute Gasteiger partial charge is 0.325 e. The smallest absolute Gasteiger partial charge is 0.234 e. The highest BCUT2D eigenvalue weighted by Gasteiger charge is 2.07. The molecule has 1 amide bonds. The van der Waals surface area contributed by atoms with Crippen LogP contribution >= 0.6 is 23.4 Å². The highest BCUT2D eigenvalue weighted by Crippen LogP contribution is 2.19. The van der Waals surface area contributed by atoms with Gasteiger partial charge in [-0.1, -0.05) is 29.4 Å². The van der Waals surface area contributed by atoms with Crippen LogP contribution in [-0.4, -0.2) is 26.6 Å². The molecule has 1 N–H and O–H groups in total. The van der Waals surface area contributed by atoms with Crippen LogP contribution in [0.2, 0.25) is 5.02 Å². The van der Waals surface area contributed by atoms with Crippen molar-refractivity contribution in [2.24, 2.45) is 0 Å². The summed E-state index contributed by atoms with van der Waals surface area (Å²) in [6, 6.07) is 14.4. The number of carbonyl (C=O) groups excluding carboxylic acids is 1. The third kappa shape index (κ3) is 4.53. The fourth-order valence-corrected chi connectivity index (χ4v) is 2.68. The zero-order valence-electron chi connectivity index (χ0n) is 12.5. The van der Waals surface area contributed by atoms with Gasteiger partial charge in [0.1, 0.15) is 0 Å². The second kappa shape index (κ2) is 7.90. The molecular weight excluding hydrogens is 344 g/mol. The number of nitrogens with one attached hydrogen (secondary N) is 1. The van der Waals surface area contributed by atoms with E-state index in [0.717, 1.165) is 11.4 Å². The quantitative estimate of drug-likeness (QED) is 0.554. The molecule has 3 aromatic rings. The maximum atomic E-state index is 12.0. The Kier molecular flexibility index (Phi) is 5.40. The first kappa shape index (κ1) is 16.4. The molecule has 24 heavy (non-hydrogen) atoms. The number of aromatic nitrogens is 3. The van der Waals surface area contributed by atoms with E-state index >= 15 is 0 Å². The molecule has 5 nitrogen and oxygen atoms in total. The number of pyridine rings is 1. The predicted molar refractivity (Wildman–Crippen MR) is 96.1 cm³/mol. The van der Waals surface area contributed by atoms with Crippen molar-refractivity contribution >= 4 is 35.0 Å². The summed E-state index contributed by atoms with van der Waals surface area (Å²) in [7, 11) is 0. The predicted octanol–water partition coefficient (Wildman–Crippen LogP) is 3.92. The van der Waals surface area contributed by atoms with Gasteiger partial charge in [0, 0.05) is 23.1 Å². The Morgan fingerprint density at radius 3 is 2.58 bits per heavy atom. The van der Waals surface area contributed by atoms with Gasteiger partial charge in [-0.15, -0.1) is 0 Å². The van der Waals surface area contributed by atoms with Crippen molar-refractivity contribution < 1.29 is 4.79 Å². The Bertz CT molecular complexity index is 828. The SMILES string of the molecule is O=C(CSc1nccc(-c2ccccn2)n1)Nc1ccc(Cl)cc1. The summed E-state index contributed by atoms with van der Waals surface area (Å²) in [5.41, 5.74) is 2.20. The third-order valence-corrected chi connectivity index (χ3v) is 4.13. The lowest BCUT2D eigenvalue weighted by atomic mass is 10.3. The molecule has 0 atom stereocenters. The van der Waals surface area contributed by atoms with Gasteiger partial charge in [0.15, 0.2) is 5.16 Å². The zero-order valence-corrected chi connectivity index (χ0v) is 14.1. The van der Waals surface area contributed by atoms with Crippen molar-refractivity contribution in [1.29, 1.82) is 0 Å². The number of carbonyl (C=O) groups is 1. The summed E-state index contributed by atoms with van der Waals surface area (Å²) in [4.78, 5) is 24.9. The molecule has 3 rings (SSSR count). The van der Waals surface area contributed by atoms with Gasteiger partial charge in [0.05, 0.1) is 17.1 Å². The van der Waals surface area contributed by atoms with Crippen molar-refractivity contribution in [3.8, 4) is 11.4 Å². The van der Waals surface area contributed by atoms with E-state index in [-0.39, 0.29) is 11.7 Å². The standard InChI is InChI=1S/C17H13ClN4OS/c18-12-4-6-13(7-5-12)21-16(23)11-24-17-20-10-8-15(22-17)14-3-1-2-9-19-14/h1-10H,11H2,(H,21,23). The molecule has 7 heteroatoms. The topological polar surface area (TPSA) is 67.8 Å². The van der Waals surface area contributed by atoms with Crippen LogP contribution in [-0.2, 0) is 4.79 Å². The molecule has 1 aromatic carbocycles. The lowest BCUT2D eigenvalue weighted by molar-refractivity contribution is -0.113. The number of nitrogens with zero attached hydrogens (tertiary/aromatic N) is 3. The first-order chi connectivity index (χ1) is 11.7. The van der Waals surface area contributed by atoms with E-state index in [1.54, 1.807) is 42.7 Å². The minimum atomic E-state index is -0.130. The number of rotatable bonds is 5. The number of amides is 1. The van der Waals surface area contributed by atoms with Gasteiger partial charge in [-0.2, -0.15) is 0 Å². The number of hydrogen-bond acceptors (Lipinski definition) is 5. The molecule has 0 spiro atoms. The van der Waals surface area contributed by atoms with E-state index < -0.39 is 0 Å². The van der Waals surface area contributed by atoms with Crippen LogP contribution in [0.25, 0.3) is 11.4 Å². The first-order valence-corrected chi connectivity index (χ1v) is 8.50. The monoisotopic (exact) mass is 356 g/mol. The summed E-state index contributed by atoms with van der Waals surface area (Å²) in [5.74, 6) is 0.0862. The average molecular weight is 357 g/mol. The van der Waals surface area contributed by atoms with Crippen molar-refractivity contribution in [3.63, 3.8) is 0 Å². The van der Waals surface area contributed by atoms with Crippen molar-refractivity contribution in [3.05, 3.63) is 65.9 Å². The van der Waals surface area contributed by atoms with E-state index in [2.05, 4.69) is 20.3 Å². The molecule has 0 aliphatic carbocycles. The Morgan fingerprint density at radius 1 is 1.00 bits per heavy atom. The Balaban J connectivity index is 1.60. The van der Waals surface area contributed by atoms with Crippen LogP contribution in [0.1, 0.15) is 0 Å². The lowest BCUT2D eigenvalue weighted by Gasteiger charge is -2.05. The molecule has 0 unspecified atom stereocenters. The van der Waals surface area contributed by atoms with E-state index in [1.165, 1.54) is 11.8 Å². The van der Waals surface area contributed by atoms with E-state index in [1.807, 2.05) is 18.2 Å². The first-order valence-electron chi connectivity index (χ1n) is 7.13. The van der Waals surface area contributed by atoms with Crippen molar-refractivity contribution in [2.45, 2.75) is 5.16 Å². The molecule has 120 valence electrons. The molecule has 0 aliphatic heterocycles. The molecule has 2 heterocycles. The second-order valence-corrected chi connectivity index (χ2v) is 6.16. The van der Waals surface area contributed by atoms with Crippen molar-refractivity contribution in [1.82, 2.24) is 15.0 Å². The Hall–Kier alpha value is -2.44. The molecule has 0 fully saturated rings. The highest BCUT2D eigenvalue weighted by atomic mass is 35.5. The van der Waals surface area contributed by atoms with Crippen molar-refractivity contribution in [2.75, 3.05) is 11.1 Å². The molecule has 0 radical (unpaired) electrons. The third-order valence-electron chi connectivity index (χ3n) is 3.02. The lowest BCUT2D eigenvalue weighted by Crippen LogP contribution is -2.14. The normalized spacial score (nSPS) is 10.4. The molecule has 0 aliphatic rings. The number of thioether (sulfide) groups is 1. The highest BCUT2D eigenvalue weighted by molar-refractivity contribution is 7.99. The Labute approximate surface area is 148 Å². The second-order valence-electron chi connectivity index (χ2n) is 4.78. The van der Waals surface area contributed by atoms with Crippen LogP contribution in [0.4, 0.5) is 5.69 Å². The summed E-state index contributed by atoms with van der Waals surface area (Å²) < 4.78 is 0. The average Bonchev–Trinajstić information content (AvgIpc) is 2.63. The fourth-order valence-electron chi connectivity index (χ4n) is 1.93. The molecule has 0 saturated heterocycles. The fraction of sp³-hybridized carbons (Fsp3) is 0.0588. The van der Waals surface area contributed by atoms with Crippen LogP contribution in [0, 0.1) is 0 Å². The molecule has 2 aromatic heterocycles. The summed E-state index contributed by atoms with van der Waals surface area (Å²) >= 11 is 7.09. The van der Waals surface area contributed by atoms with Gasteiger partial charge < -0.3 is 5.32 Å². The van der Waals surface area contributed by atoms with Gasteiger partial charge in [0.25, 0.3) is 0 Å². The van der Waals surface area contributed by atoms with E-state index in [4.69, 9.17) is 11.6 Å². The molecule has 0 bridgehead atoms. The summed E-state index contributed by atoms with van der Waals surface area (Å²) in [5, 5.41) is 3.96. The van der Waals surface area contributed by atoms with Gasteiger partial charge in [-0.3, -0.25) is 9.78 Å². The maximum Gasteiger partial charge on any atom is 0.234 e. The summed E-state index contributed by atoms with van der Waals surface area (Å²) in [6.07, 6.45) is 3.38. The number of halogens is 1. The van der Waals surface area contributed by atoms with Crippen LogP contribution in [0.3, 0.4) is 0 Å². The maximum absolute atomic E-state index is 12.0. The van der Waals surface area contributed by atoms with Gasteiger partial charge in [-0.25, -0.2) is 9.97 Å².